The van der Waals surface area contributed by atoms with Crippen LogP contribution in [0.5, 0.6) is 0 Å². The Morgan fingerprint density at radius 3 is 2.59 bits per heavy atom. The standard InChI is InChI=1S/C14H22BrNO/c1-11-5-6-13(15)9-12(11)10-16(4)14(2,3)7-8-17/h5-6,9,17H,7-8,10H2,1-4H3. The van der Waals surface area contributed by atoms with Crippen molar-refractivity contribution in [2.24, 2.45) is 0 Å². The Kier molecular flexibility index (Phi) is 5.17. The predicted molar refractivity (Wildman–Crippen MR) is 76.1 cm³/mol. The lowest BCUT2D eigenvalue weighted by Crippen LogP contribution is -2.41. The van der Waals surface area contributed by atoms with Gasteiger partial charge in [-0.2, -0.15) is 0 Å². The lowest BCUT2D eigenvalue weighted by atomic mass is 9.98. The number of aliphatic hydroxyl groups is 1. The van der Waals surface area contributed by atoms with E-state index in [-0.39, 0.29) is 12.1 Å². The average Bonchev–Trinajstić information content (AvgIpc) is 2.23. The predicted octanol–water partition coefficient (Wildman–Crippen LogP) is 3.35. The van der Waals surface area contributed by atoms with Gasteiger partial charge in [0.2, 0.25) is 0 Å². The Bertz CT molecular complexity index is 376. The minimum Gasteiger partial charge on any atom is -0.396 e. The number of hydrogen-bond donors (Lipinski definition) is 1. The van der Waals surface area contributed by atoms with Crippen molar-refractivity contribution < 1.29 is 5.11 Å². The highest BCUT2D eigenvalue weighted by atomic mass is 79.9. The zero-order valence-electron chi connectivity index (χ0n) is 11.1. The van der Waals surface area contributed by atoms with E-state index in [2.05, 4.69) is 66.8 Å². The van der Waals surface area contributed by atoms with Gasteiger partial charge in [-0.15, -0.1) is 0 Å². The van der Waals surface area contributed by atoms with Crippen LogP contribution in [0.4, 0.5) is 0 Å². The summed E-state index contributed by atoms with van der Waals surface area (Å²) in [5.41, 5.74) is 2.65. The number of aliphatic hydroxyl groups excluding tert-OH is 1. The van der Waals surface area contributed by atoms with Crippen LogP contribution in [0.1, 0.15) is 31.4 Å². The van der Waals surface area contributed by atoms with Crippen LogP contribution >= 0.6 is 15.9 Å². The van der Waals surface area contributed by atoms with Gasteiger partial charge in [-0.3, -0.25) is 4.90 Å². The summed E-state index contributed by atoms with van der Waals surface area (Å²) in [5, 5.41) is 9.08. The van der Waals surface area contributed by atoms with Crippen LogP contribution in [0, 0.1) is 6.92 Å². The van der Waals surface area contributed by atoms with E-state index in [1.54, 1.807) is 0 Å². The summed E-state index contributed by atoms with van der Waals surface area (Å²) >= 11 is 3.51. The molecule has 0 aliphatic heterocycles. The van der Waals surface area contributed by atoms with Crippen LogP contribution in [0.3, 0.4) is 0 Å². The Hall–Kier alpha value is -0.380. The average molecular weight is 300 g/mol. The topological polar surface area (TPSA) is 23.5 Å². The quantitative estimate of drug-likeness (QED) is 0.901. The van der Waals surface area contributed by atoms with Gasteiger partial charge in [-0.1, -0.05) is 22.0 Å². The number of benzene rings is 1. The third-order valence-corrected chi connectivity index (χ3v) is 3.97. The number of rotatable bonds is 5. The van der Waals surface area contributed by atoms with Crippen LogP contribution < -0.4 is 0 Å². The highest BCUT2D eigenvalue weighted by Gasteiger charge is 2.23. The molecule has 2 nitrogen and oxygen atoms in total. The summed E-state index contributed by atoms with van der Waals surface area (Å²) in [5.74, 6) is 0. The first-order chi connectivity index (χ1) is 7.86. The van der Waals surface area contributed by atoms with E-state index < -0.39 is 0 Å². The molecular formula is C14H22BrNO. The SMILES string of the molecule is Cc1ccc(Br)cc1CN(C)C(C)(C)CCO. The van der Waals surface area contributed by atoms with Gasteiger partial charge >= 0.3 is 0 Å². The van der Waals surface area contributed by atoms with E-state index in [4.69, 9.17) is 5.11 Å². The fourth-order valence-electron chi connectivity index (χ4n) is 1.74. The van der Waals surface area contributed by atoms with Crippen molar-refractivity contribution in [2.45, 2.75) is 39.3 Å². The summed E-state index contributed by atoms with van der Waals surface area (Å²) in [6.07, 6.45) is 0.788. The van der Waals surface area contributed by atoms with Crippen molar-refractivity contribution in [3.05, 3.63) is 33.8 Å². The molecule has 1 rings (SSSR count). The highest BCUT2D eigenvalue weighted by Crippen LogP contribution is 2.22. The molecule has 1 aromatic carbocycles. The molecule has 17 heavy (non-hydrogen) atoms. The number of halogens is 1. The molecule has 3 heteroatoms. The number of hydrogen-bond acceptors (Lipinski definition) is 2. The Balaban J connectivity index is 2.80. The molecule has 0 aliphatic rings. The molecule has 0 atom stereocenters. The van der Waals surface area contributed by atoms with Crippen molar-refractivity contribution in [3.8, 4) is 0 Å². The summed E-state index contributed by atoms with van der Waals surface area (Å²) in [7, 11) is 2.11. The van der Waals surface area contributed by atoms with E-state index in [0.29, 0.717) is 0 Å². The second-order valence-electron chi connectivity index (χ2n) is 5.21. The molecule has 0 saturated heterocycles. The molecule has 0 saturated carbocycles. The van der Waals surface area contributed by atoms with Crippen LogP contribution in [-0.4, -0.2) is 29.2 Å². The molecule has 0 heterocycles. The van der Waals surface area contributed by atoms with Gasteiger partial charge in [-0.05, 0) is 57.5 Å². The number of aryl methyl sites for hydroxylation is 1. The summed E-state index contributed by atoms with van der Waals surface area (Å²) in [4.78, 5) is 2.29. The van der Waals surface area contributed by atoms with Gasteiger partial charge in [0.05, 0.1) is 0 Å². The van der Waals surface area contributed by atoms with Crippen LogP contribution in [0.15, 0.2) is 22.7 Å². The molecule has 0 aliphatic carbocycles. The Morgan fingerprint density at radius 2 is 2.00 bits per heavy atom. The van der Waals surface area contributed by atoms with Crippen LogP contribution in [0.25, 0.3) is 0 Å². The first-order valence-electron chi connectivity index (χ1n) is 5.94. The maximum Gasteiger partial charge on any atom is 0.0448 e. The minimum atomic E-state index is 0.0174. The first kappa shape index (κ1) is 14.7. The van der Waals surface area contributed by atoms with E-state index in [1.165, 1.54) is 11.1 Å². The monoisotopic (exact) mass is 299 g/mol. The van der Waals surface area contributed by atoms with E-state index in [0.717, 1.165) is 17.4 Å². The second kappa shape index (κ2) is 5.98. The van der Waals surface area contributed by atoms with Gasteiger partial charge < -0.3 is 5.11 Å². The molecule has 0 aromatic heterocycles. The fourth-order valence-corrected chi connectivity index (χ4v) is 2.15. The van der Waals surface area contributed by atoms with Crippen molar-refractivity contribution in [3.63, 3.8) is 0 Å². The molecule has 0 radical (unpaired) electrons. The summed E-state index contributed by atoms with van der Waals surface area (Å²) in [6.45, 7) is 7.59. The molecule has 0 spiro atoms. The molecule has 0 unspecified atom stereocenters. The molecule has 1 aromatic rings. The number of nitrogens with zero attached hydrogens (tertiary/aromatic N) is 1. The van der Waals surface area contributed by atoms with Crippen molar-refractivity contribution >= 4 is 15.9 Å². The van der Waals surface area contributed by atoms with E-state index in [9.17, 15) is 0 Å². The maximum absolute atomic E-state index is 9.08. The molecule has 0 fully saturated rings. The molecule has 0 bridgehead atoms. The Morgan fingerprint density at radius 1 is 1.35 bits per heavy atom. The third kappa shape index (κ3) is 4.09. The zero-order valence-corrected chi connectivity index (χ0v) is 12.7. The molecule has 96 valence electrons. The van der Waals surface area contributed by atoms with E-state index >= 15 is 0 Å². The van der Waals surface area contributed by atoms with E-state index in [1.807, 2.05) is 0 Å². The summed E-state index contributed by atoms with van der Waals surface area (Å²) in [6, 6.07) is 6.37. The summed E-state index contributed by atoms with van der Waals surface area (Å²) < 4.78 is 1.12. The van der Waals surface area contributed by atoms with Crippen molar-refractivity contribution in [1.82, 2.24) is 4.90 Å². The zero-order chi connectivity index (χ0) is 13.1. The van der Waals surface area contributed by atoms with Crippen LogP contribution in [-0.2, 0) is 6.54 Å². The second-order valence-corrected chi connectivity index (χ2v) is 6.13. The molecule has 0 amide bonds. The minimum absolute atomic E-state index is 0.0174. The van der Waals surface area contributed by atoms with Gasteiger partial charge in [0, 0.05) is 23.2 Å². The smallest absolute Gasteiger partial charge is 0.0448 e. The van der Waals surface area contributed by atoms with Crippen LogP contribution in [0.2, 0.25) is 0 Å². The lowest BCUT2D eigenvalue weighted by molar-refractivity contribution is 0.110. The normalized spacial score (nSPS) is 12.2. The van der Waals surface area contributed by atoms with Crippen molar-refractivity contribution in [1.29, 1.82) is 0 Å². The van der Waals surface area contributed by atoms with Gasteiger partial charge in [0.25, 0.3) is 0 Å². The lowest BCUT2D eigenvalue weighted by Gasteiger charge is -2.35. The highest BCUT2D eigenvalue weighted by molar-refractivity contribution is 9.10. The van der Waals surface area contributed by atoms with Gasteiger partial charge in [0.15, 0.2) is 0 Å². The fraction of sp³-hybridized carbons (Fsp3) is 0.571. The molecule has 1 N–H and O–H groups in total. The third-order valence-electron chi connectivity index (χ3n) is 3.48. The largest absolute Gasteiger partial charge is 0.396 e. The maximum atomic E-state index is 9.08. The first-order valence-corrected chi connectivity index (χ1v) is 6.73. The van der Waals surface area contributed by atoms with Gasteiger partial charge in [0.1, 0.15) is 0 Å². The van der Waals surface area contributed by atoms with Crippen molar-refractivity contribution in [2.75, 3.05) is 13.7 Å². The molecular weight excluding hydrogens is 278 g/mol. The van der Waals surface area contributed by atoms with Gasteiger partial charge in [-0.25, -0.2) is 0 Å². The Labute approximate surface area is 113 Å².